The first-order valence-electron chi connectivity index (χ1n) is 12.7. The second kappa shape index (κ2) is 12.1. The Balaban J connectivity index is 1.36. The maximum Gasteiger partial charge on any atom is 0.156 e. The van der Waals surface area contributed by atoms with Gasteiger partial charge in [0.05, 0.1) is 6.17 Å². The van der Waals surface area contributed by atoms with Gasteiger partial charge in [0.15, 0.2) is 6.23 Å². The van der Waals surface area contributed by atoms with Crippen molar-refractivity contribution in [3.63, 3.8) is 0 Å². The molecule has 2 aromatic rings. The lowest BCUT2D eigenvalue weighted by molar-refractivity contribution is 0.0214. The Hall–Kier alpha value is -1.80. The van der Waals surface area contributed by atoms with Crippen LogP contribution in [0.25, 0.3) is 0 Å². The number of nitrogens with zero attached hydrogens (tertiary/aromatic N) is 1. The number of piperazine rings is 1. The van der Waals surface area contributed by atoms with E-state index in [2.05, 4.69) is 83.5 Å². The van der Waals surface area contributed by atoms with Crippen LogP contribution in [0.4, 0.5) is 0 Å². The highest BCUT2D eigenvalue weighted by Gasteiger charge is 2.29. The molecular weight excluding hydrogens is 410 g/mol. The molecule has 0 radical (unpaired) electrons. The molecule has 2 aromatic carbocycles. The summed E-state index contributed by atoms with van der Waals surface area (Å²) in [6.07, 6.45) is 5.27. The summed E-state index contributed by atoms with van der Waals surface area (Å²) in [5.41, 5.74) is 6.75. The van der Waals surface area contributed by atoms with Crippen LogP contribution in [-0.4, -0.2) is 36.7 Å². The zero-order valence-electron chi connectivity index (χ0n) is 20.4. The molecule has 4 N–H and O–H groups in total. The molecule has 2 fully saturated rings. The van der Waals surface area contributed by atoms with Crippen LogP contribution in [0.1, 0.15) is 81.6 Å². The third kappa shape index (κ3) is 6.21. The van der Waals surface area contributed by atoms with Crippen molar-refractivity contribution in [1.82, 2.24) is 26.3 Å². The van der Waals surface area contributed by atoms with Gasteiger partial charge >= 0.3 is 0 Å². The van der Waals surface area contributed by atoms with Crippen LogP contribution in [-0.2, 0) is 4.84 Å². The van der Waals surface area contributed by atoms with Gasteiger partial charge in [-0.15, -0.1) is 0 Å². The first-order chi connectivity index (χ1) is 16.2. The molecule has 2 aliphatic rings. The van der Waals surface area contributed by atoms with Crippen molar-refractivity contribution in [3.05, 3.63) is 71.3 Å². The molecule has 33 heavy (non-hydrogen) atoms. The summed E-state index contributed by atoms with van der Waals surface area (Å²) in [7, 11) is 0. The molecule has 0 bridgehead atoms. The second-order valence-electron chi connectivity index (χ2n) is 9.37. The van der Waals surface area contributed by atoms with E-state index < -0.39 is 0 Å². The Bertz CT molecular complexity index is 824. The summed E-state index contributed by atoms with van der Waals surface area (Å²) in [5.74, 6) is 0. The van der Waals surface area contributed by atoms with Crippen molar-refractivity contribution < 1.29 is 4.84 Å². The highest BCUT2D eigenvalue weighted by Crippen LogP contribution is 2.26. The van der Waals surface area contributed by atoms with Crippen LogP contribution in [0.3, 0.4) is 0 Å². The highest BCUT2D eigenvalue weighted by atomic mass is 16.7. The maximum atomic E-state index is 5.77. The fourth-order valence-electron chi connectivity index (χ4n) is 5.13. The summed E-state index contributed by atoms with van der Waals surface area (Å²) in [4.78, 5) is 8.48. The lowest BCUT2D eigenvalue weighted by Crippen LogP contribution is -2.61. The Morgan fingerprint density at radius 1 is 1.00 bits per heavy atom. The molecular formula is C27H41N5O. The lowest BCUT2D eigenvalue weighted by atomic mass is 10.0. The summed E-state index contributed by atoms with van der Waals surface area (Å²) in [5, 5.41) is 11.0. The van der Waals surface area contributed by atoms with Crippen molar-refractivity contribution in [2.45, 2.75) is 77.1 Å². The van der Waals surface area contributed by atoms with E-state index in [0.717, 1.165) is 25.2 Å². The van der Waals surface area contributed by atoms with Gasteiger partial charge in [-0.3, -0.25) is 20.4 Å². The van der Waals surface area contributed by atoms with Crippen LogP contribution < -0.4 is 21.4 Å². The van der Waals surface area contributed by atoms with Crippen LogP contribution in [0, 0.1) is 0 Å². The number of benzene rings is 2. The van der Waals surface area contributed by atoms with Crippen LogP contribution in [0.2, 0.25) is 0 Å². The average molecular weight is 452 g/mol. The molecule has 2 saturated heterocycles. The number of hydroxylamine groups is 1. The molecule has 6 nitrogen and oxygen atoms in total. The molecule has 6 heteroatoms. The number of rotatable bonds is 10. The van der Waals surface area contributed by atoms with Gasteiger partial charge in [0.1, 0.15) is 6.17 Å². The van der Waals surface area contributed by atoms with Crippen LogP contribution in [0.5, 0.6) is 0 Å². The van der Waals surface area contributed by atoms with Gasteiger partial charge in [-0.1, -0.05) is 81.3 Å². The van der Waals surface area contributed by atoms with E-state index in [1.165, 1.54) is 36.8 Å². The molecule has 2 aliphatic heterocycles. The van der Waals surface area contributed by atoms with E-state index in [9.17, 15) is 0 Å². The van der Waals surface area contributed by atoms with Crippen LogP contribution >= 0.6 is 0 Å². The van der Waals surface area contributed by atoms with Crippen molar-refractivity contribution in [2.24, 2.45) is 0 Å². The van der Waals surface area contributed by atoms with Gasteiger partial charge in [0, 0.05) is 31.7 Å². The zero-order chi connectivity index (χ0) is 23.0. The summed E-state index contributed by atoms with van der Waals surface area (Å²) in [6, 6.07) is 20.1. The third-order valence-corrected chi connectivity index (χ3v) is 6.93. The molecule has 0 aromatic heterocycles. The fraction of sp³-hybridized carbons (Fsp3) is 0.556. The summed E-state index contributed by atoms with van der Waals surface area (Å²) >= 11 is 0. The average Bonchev–Trinajstić information content (AvgIpc) is 3.35. The molecule has 3 unspecified atom stereocenters. The molecule has 4 rings (SSSR count). The third-order valence-electron chi connectivity index (χ3n) is 6.93. The van der Waals surface area contributed by atoms with E-state index in [0.29, 0.717) is 12.2 Å². The molecule has 0 saturated carbocycles. The van der Waals surface area contributed by atoms with Crippen LogP contribution in [0.15, 0.2) is 54.6 Å². The van der Waals surface area contributed by atoms with Crippen molar-refractivity contribution >= 4 is 0 Å². The SMILES string of the molecule is CCCC(CCC)N1CCNCC1N[C@H](C)c1ccc(C2NOC(c3ccccc3)N2)cc1. The van der Waals surface area contributed by atoms with Gasteiger partial charge in [-0.05, 0) is 36.5 Å². The fourth-order valence-corrected chi connectivity index (χ4v) is 5.13. The molecule has 180 valence electrons. The standard InChI is InChI=1S/C27H41N5O/c1-4-9-24(10-5-2)32-18-17-28-19-25(32)29-20(3)21-13-15-22(16-14-21)26-30-27(33-31-26)23-11-7-6-8-12-23/h6-8,11-16,20,24-31H,4-5,9-10,17-19H2,1-3H3/t20-,25?,26?,27?/m1/s1. The van der Waals surface area contributed by atoms with Gasteiger partial charge in [0.25, 0.3) is 0 Å². The molecule has 0 aliphatic carbocycles. The van der Waals surface area contributed by atoms with Crippen molar-refractivity contribution in [1.29, 1.82) is 0 Å². The first kappa shape index (κ1) is 24.3. The smallest absolute Gasteiger partial charge is 0.156 e. The van der Waals surface area contributed by atoms with Gasteiger partial charge in [-0.25, -0.2) is 0 Å². The largest absolute Gasteiger partial charge is 0.313 e. The topological polar surface area (TPSA) is 60.6 Å². The quantitative estimate of drug-likeness (QED) is 0.431. The Labute approximate surface area is 199 Å². The predicted molar refractivity (Wildman–Crippen MR) is 134 cm³/mol. The monoisotopic (exact) mass is 451 g/mol. The number of nitrogens with one attached hydrogen (secondary N) is 4. The first-order valence-corrected chi connectivity index (χ1v) is 12.7. The predicted octanol–water partition coefficient (Wildman–Crippen LogP) is 4.36. The molecule has 0 amide bonds. The summed E-state index contributed by atoms with van der Waals surface area (Å²) < 4.78 is 0. The maximum absolute atomic E-state index is 5.77. The Kier molecular flexibility index (Phi) is 8.89. The van der Waals surface area contributed by atoms with E-state index in [1.807, 2.05) is 18.2 Å². The van der Waals surface area contributed by atoms with E-state index in [1.54, 1.807) is 0 Å². The van der Waals surface area contributed by atoms with Gasteiger partial charge in [-0.2, -0.15) is 5.48 Å². The zero-order valence-corrected chi connectivity index (χ0v) is 20.4. The minimum absolute atomic E-state index is 0.0191. The van der Waals surface area contributed by atoms with Crippen molar-refractivity contribution in [3.8, 4) is 0 Å². The minimum Gasteiger partial charge on any atom is -0.313 e. The number of hydrogen-bond acceptors (Lipinski definition) is 6. The second-order valence-corrected chi connectivity index (χ2v) is 9.37. The van der Waals surface area contributed by atoms with Gasteiger partial charge < -0.3 is 5.32 Å². The van der Waals surface area contributed by atoms with Gasteiger partial charge in [0.2, 0.25) is 0 Å². The number of hydrogen-bond donors (Lipinski definition) is 4. The highest BCUT2D eigenvalue weighted by molar-refractivity contribution is 5.28. The summed E-state index contributed by atoms with van der Waals surface area (Å²) in [6.45, 7) is 10.1. The molecule has 4 atom stereocenters. The van der Waals surface area contributed by atoms with Crippen molar-refractivity contribution in [2.75, 3.05) is 19.6 Å². The minimum atomic E-state index is -0.138. The Morgan fingerprint density at radius 2 is 1.73 bits per heavy atom. The van der Waals surface area contributed by atoms with E-state index >= 15 is 0 Å². The normalized spacial score (nSPS) is 24.9. The molecule has 0 spiro atoms. The Morgan fingerprint density at radius 3 is 2.42 bits per heavy atom. The van der Waals surface area contributed by atoms with E-state index in [4.69, 9.17) is 4.84 Å². The lowest BCUT2D eigenvalue weighted by Gasteiger charge is -2.43. The van der Waals surface area contributed by atoms with E-state index in [-0.39, 0.29) is 18.4 Å². The molecule has 2 heterocycles.